The fourth-order valence-corrected chi connectivity index (χ4v) is 7.98. The highest BCUT2D eigenvalue weighted by Gasteiger charge is 2.37. The van der Waals surface area contributed by atoms with E-state index in [0.717, 1.165) is 54.7 Å². The highest BCUT2D eigenvalue weighted by molar-refractivity contribution is 6.99. The third kappa shape index (κ3) is 3.23. The maximum absolute atomic E-state index is 14.8. The van der Waals surface area contributed by atoms with Gasteiger partial charge in [0.1, 0.15) is 0 Å². The lowest BCUT2D eigenvalue weighted by molar-refractivity contribution is 0.941. The predicted molar refractivity (Wildman–Crippen MR) is 189 cm³/mol. The number of hydrogen-bond acceptors (Lipinski definition) is 1. The molecule has 0 aliphatic carbocycles. The Morgan fingerprint density at radius 2 is 1.13 bits per heavy atom. The summed E-state index contributed by atoms with van der Waals surface area (Å²) in [5.41, 5.74) is 12.2. The summed E-state index contributed by atoms with van der Waals surface area (Å²) in [6, 6.07) is 53.7. The Labute approximate surface area is 259 Å². The first-order valence-electron chi connectivity index (χ1n) is 15.5. The third-order valence-corrected chi connectivity index (χ3v) is 9.79. The average Bonchev–Trinajstić information content (AvgIpc) is 3.45. The van der Waals surface area contributed by atoms with E-state index in [2.05, 4.69) is 146 Å². The predicted octanol–water partition coefficient (Wildman–Crippen LogP) is 7.15. The molecule has 9 aromatic rings. The van der Waals surface area contributed by atoms with Gasteiger partial charge in [-0.1, -0.05) is 145 Å². The van der Waals surface area contributed by atoms with Gasteiger partial charge in [-0.05, 0) is 50.7 Å². The molecule has 1 aliphatic rings. The molecule has 2 aromatic heterocycles. The van der Waals surface area contributed by atoms with Crippen molar-refractivity contribution in [2.24, 2.45) is 0 Å². The van der Waals surface area contributed by atoms with Crippen molar-refractivity contribution in [2.45, 2.75) is 0 Å². The first-order valence-corrected chi connectivity index (χ1v) is 15.5. The third-order valence-electron chi connectivity index (χ3n) is 9.79. The summed E-state index contributed by atoms with van der Waals surface area (Å²) in [6.45, 7) is -0.0950. The average molecular weight is 572 g/mol. The zero-order chi connectivity index (χ0) is 29.6. The highest BCUT2D eigenvalue weighted by atomic mass is 16.1. The van der Waals surface area contributed by atoms with Gasteiger partial charge >= 0.3 is 5.69 Å². The van der Waals surface area contributed by atoms with E-state index in [1.54, 1.807) is 0 Å². The molecular weight excluding hydrogens is 547 g/mol. The van der Waals surface area contributed by atoms with Crippen molar-refractivity contribution in [3.8, 4) is 27.9 Å². The summed E-state index contributed by atoms with van der Waals surface area (Å²) >= 11 is 0. The molecule has 10 rings (SSSR count). The summed E-state index contributed by atoms with van der Waals surface area (Å²) in [5, 5.41) is 4.50. The largest absolute Gasteiger partial charge is 0.338 e. The minimum absolute atomic E-state index is 0.0285. The van der Waals surface area contributed by atoms with E-state index in [0.29, 0.717) is 0 Å². The van der Waals surface area contributed by atoms with Crippen LogP contribution in [0.5, 0.6) is 0 Å². The fraction of sp³-hybridized carbons (Fsp3) is 0. The van der Waals surface area contributed by atoms with Crippen molar-refractivity contribution in [1.29, 1.82) is 0 Å². The molecule has 0 atom stereocenters. The normalized spacial score (nSPS) is 12.5. The van der Waals surface area contributed by atoms with Crippen molar-refractivity contribution in [3.05, 3.63) is 162 Å². The minimum atomic E-state index is -0.0950. The molecule has 3 heterocycles. The Kier molecular flexibility index (Phi) is 4.95. The molecule has 0 fully saturated rings. The summed E-state index contributed by atoms with van der Waals surface area (Å²) in [5.74, 6) is 0. The first kappa shape index (κ1) is 24.6. The van der Waals surface area contributed by atoms with Crippen LogP contribution in [0.4, 0.5) is 0 Å². The van der Waals surface area contributed by atoms with E-state index in [1.165, 1.54) is 27.7 Å². The molecule has 7 aromatic carbocycles. The van der Waals surface area contributed by atoms with Gasteiger partial charge in [-0.15, -0.1) is 0 Å². The van der Waals surface area contributed by atoms with E-state index < -0.39 is 0 Å². The standard InChI is InChI=1S/C41H25BN2O/c45-41-43-35-20-9-7-16-31(35)32-24-22-28-23-25-34-40(37(28)39(32)43)44(41)36-21-10-8-19-33(36)42(34)38-29(26-12-3-1-4-13-26)17-11-18-30(38)27-14-5-2-6-15-27/h1-25H. The number of aromatic nitrogens is 2. The van der Waals surface area contributed by atoms with Gasteiger partial charge in [0.05, 0.1) is 16.6 Å². The van der Waals surface area contributed by atoms with Gasteiger partial charge in [0.25, 0.3) is 0 Å². The van der Waals surface area contributed by atoms with Crippen LogP contribution >= 0.6 is 0 Å². The van der Waals surface area contributed by atoms with Gasteiger partial charge in [0.15, 0.2) is 0 Å². The quantitative estimate of drug-likeness (QED) is 0.207. The number of rotatable bonds is 3. The molecule has 0 N–H and O–H groups in total. The minimum Gasteiger partial charge on any atom is -0.263 e. The zero-order valence-corrected chi connectivity index (χ0v) is 24.3. The lowest BCUT2D eigenvalue weighted by atomic mass is 9.33. The van der Waals surface area contributed by atoms with Crippen LogP contribution in [0, 0.1) is 0 Å². The van der Waals surface area contributed by atoms with Gasteiger partial charge in [-0.3, -0.25) is 8.97 Å². The second-order valence-corrected chi connectivity index (χ2v) is 12.0. The number of hydrogen-bond donors (Lipinski definition) is 0. The van der Waals surface area contributed by atoms with Crippen molar-refractivity contribution in [3.63, 3.8) is 0 Å². The van der Waals surface area contributed by atoms with E-state index in [4.69, 9.17) is 0 Å². The molecule has 4 heteroatoms. The topological polar surface area (TPSA) is 26.4 Å². The molecule has 0 saturated carbocycles. The van der Waals surface area contributed by atoms with Crippen molar-refractivity contribution < 1.29 is 0 Å². The molecular formula is C41H25BN2O. The van der Waals surface area contributed by atoms with E-state index >= 15 is 0 Å². The Balaban J connectivity index is 1.42. The summed E-state index contributed by atoms with van der Waals surface area (Å²) in [6.07, 6.45) is 0. The highest BCUT2D eigenvalue weighted by Crippen LogP contribution is 2.37. The Morgan fingerprint density at radius 3 is 1.89 bits per heavy atom. The van der Waals surface area contributed by atoms with E-state index in [1.807, 2.05) is 15.0 Å². The van der Waals surface area contributed by atoms with Crippen LogP contribution in [0.3, 0.4) is 0 Å². The molecule has 0 radical (unpaired) electrons. The summed E-state index contributed by atoms with van der Waals surface area (Å²) in [4.78, 5) is 14.8. The summed E-state index contributed by atoms with van der Waals surface area (Å²) in [7, 11) is 0. The van der Waals surface area contributed by atoms with Gasteiger partial charge < -0.3 is 0 Å². The van der Waals surface area contributed by atoms with Crippen LogP contribution < -0.4 is 22.1 Å². The number of benzene rings is 7. The zero-order valence-electron chi connectivity index (χ0n) is 24.3. The lowest BCUT2D eigenvalue weighted by Gasteiger charge is -2.31. The fourth-order valence-electron chi connectivity index (χ4n) is 7.98. The molecule has 1 aliphatic heterocycles. The Bertz CT molecular complexity index is 2610. The number of fused-ring (bicyclic) bond motifs is 5. The van der Waals surface area contributed by atoms with Gasteiger partial charge in [0, 0.05) is 21.8 Å². The van der Waals surface area contributed by atoms with Crippen molar-refractivity contribution >= 4 is 61.2 Å². The second kappa shape index (κ2) is 9.07. The molecule has 45 heavy (non-hydrogen) atoms. The van der Waals surface area contributed by atoms with Crippen LogP contribution in [0.25, 0.3) is 66.0 Å². The molecule has 0 saturated heterocycles. The molecule has 208 valence electrons. The molecule has 0 spiro atoms. The maximum Gasteiger partial charge on any atom is 0.338 e. The van der Waals surface area contributed by atoms with Crippen molar-refractivity contribution in [2.75, 3.05) is 0 Å². The van der Waals surface area contributed by atoms with Gasteiger partial charge in [-0.25, -0.2) is 4.79 Å². The van der Waals surface area contributed by atoms with Gasteiger partial charge in [0.2, 0.25) is 6.71 Å². The Morgan fingerprint density at radius 1 is 0.489 bits per heavy atom. The van der Waals surface area contributed by atoms with Crippen LogP contribution in [0.15, 0.2) is 156 Å². The first-order chi connectivity index (χ1) is 22.3. The number of nitrogens with zero attached hydrogens (tertiary/aromatic N) is 2. The maximum atomic E-state index is 14.8. The molecule has 0 amide bonds. The SMILES string of the molecule is O=c1n2c3c(ccc4ccc5c6ccccc6n1c5c43)B(c1c(-c3ccccc3)cccc1-c1ccccc1)c1ccccc1-2. The van der Waals surface area contributed by atoms with E-state index in [-0.39, 0.29) is 12.4 Å². The number of para-hydroxylation sites is 2. The van der Waals surface area contributed by atoms with Crippen molar-refractivity contribution in [1.82, 2.24) is 8.97 Å². The molecule has 0 unspecified atom stereocenters. The Hall–Kier alpha value is -5.87. The monoisotopic (exact) mass is 572 g/mol. The second-order valence-electron chi connectivity index (χ2n) is 12.0. The lowest BCUT2D eigenvalue weighted by Crippen LogP contribution is -2.58. The smallest absolute Gasteiger partial charge is 0.263 e. The van der Waals surface area contributed by atoms with Crippen LogP contribution in [0.1, 0.15) is 0 Å². The molecule has 0 bridgehead atoms. The van der Waals surface area contributed by atoms with E-state index in [9.17, 15) is 4.79 Å². The molecule has 3 nitrogen and oxygen atoms in total. The van der Waals surface area contributed by atoms with Gasteiger partial charge in [-0.2, -0.15) is 0 Å². The van der Waals surface area contributed by atoms with Crippen LogP contribution in [0.2, 0.25) is 0 Å². The summed E-state index contributed by atoms with van der Waals surface area (Å²) < 4.78 is 3.92. The van der Waals surface area contributed by atoms with Crippen LogP contribution in [-0.4, -0.2) is 15.7 Å². The van der Waals surface area contributed by atoms with Crippen LogP contribution in [-0.2, 0) is 0 Å².